The van der Waals surface area contributed by atoms with Crippen molar-refractivity contribution in [1.29, 1.82) is 0 Å². The van der Waals surface area contributed by atoms with E-state index in [0.717, 1.165) is 31.6 Å². The fourth-order valence-electron chi connectivity index (χ4n) is 2.26. The van der Waals surface area contributed by atoms with Gasteiger partial charge in [0.25, 0.3) is 0 Å². The summed E-state index contributed by atoms with van der Waals surface area (Å²) in [5, 5.41) is 8.21. The number of fused-ring (bicyclic) bond motifs is 1. The van der Waals surface area contributed by atoms with Crippen molar-refractivity contribution in [3.63, 3.8) is 0 Å². The standard InChI is InChI=1S/C12H13N3O2/c16-8-9-3-1-5-11-13-14-12(15(9)11)7-10-4-2-6-17-10/h1,3,5,8,10H,2,4,6-7H2. The van der Waals surface area contributed by atoms with E-state index in [0.29, 0.717) is 17.8 Å². The molecule has 1 fully saturated rings. The van der Waals surface area contributed by atoms with Gasteiger partial charge in [-0.15, -0.1) is 10.2 Å². The molecule has 2 aromatic rings. The molecule has 2 aromatic heterocycles. The Hall–Kier alpha value is -1.75. The quantitative estimate of drug-likeness (QED) is 0.746. The highest BCUT2D eigenvalue weighted by atomic mass is 16.5. The van der Waals surface area contributed by atoms with E-state index in [4.69, 9.17) is 4.74 Å². The van der Waals surface area contributed by atoms with Crippen molar-refractivity contribution in [1.82, 2.24) is 14.6 Å². The summed E-state index contributed by atoms with van der Waals surface area (Å²) >= 11 is 0. The number of hydrogen-bond donors (Lipinski definition) is 0. The second-order valence-electron chi connectivity index (χ2n) is 4.22. The fraction of sp³-hybridized carbons (Fsp3) is 0.417. The van der Waals surface area contributed by atoms with Crippen molar-refractivity contribution in [3.05, 3.63) is 29.7 Å². The van der Waals surface area contributed by atoms with Crippen LogP contribution in [0.1, 0.15) is 29.2 Å². The highest BCUT2D eigenvalue weighted by Crippen LogP contribution is 2.17. The van der Waals surface area contributed by atoms with Crippen molar-refractivity contribution in [2.24, 2.45) is 0 Å². The van der Waals surface area contributed by atoms with Crippen LogP contribution in [-0.2, 0) is 11.2 Å². The normalized spacial score (nSPS) is 19.9. The molecule has 1 saturated heterocycles. The lowest BCUT2D eigenvalue weighted by atomic mass is 10.2. The highest BCUT2D eigenvalue weighted by molar-refractivity contribution is 5.73. The molecule has 0 radical (unpaired) electrons. The van der Waals surface area contributed by atoms with Gasteiger partial charge >= 0.3 is 0 Å². The van der Waals surface area contributed by atoms with Gasteiger partial charge in [-0.05, 0) is 25.0 Å². The Labute approximate surface area is 98.4 Å². The van der Waals surface area contributed by atoms with Gasteiger partial charge in [0, 0.05) is 13.0 Å². The van der Waals surface area contributed by atoms with Crippen LogP contribution in [0.5, 0.6) is 0 Å². The SMILES string of the molecule is O=Cc1cccc2nnc(CC3CCCO3)n12. The van der Waals surface area contributed by atoms with Crippen molar-refractivity contribution < 1.29 is 9.53 Å². The van der Waals surface area contributed by atoms with Gasteiger partial charge in [-0.1, -0.05) is 6.07 Å². The van der Waals surface area contributed by atoms with Gasteiger partial charge in [0.2, 0.25) is 0 Å². The van der Waals surface area contributed by atoms with Crippen LogP contribution in [0.3, 0.4) is 0 Å². The van der Waals surface area contributed by atoms with Crippen LogP contribution < -0.4 is 0 Å². The lowest BCUT2D eigenvalue weighted by Gasteiger charge is -2.08. The van der Waals surface area contributed by atoms with Crippen LogP contribution in [0, 0.1) is 0 Å². The Balaban J connectivity index is 2.00. The molecule has 1 atom stereocenters. The molecule has 1 aliphatic heterocycles. The zero-order chi connectivity index (χ0) is 11.7. The first kappa shape index (κ1) is 10.4. The number of nitrogens with zero attached hydrogens (tertiary/aromatic N) is 3. The molecule has 17 heavy (non-hydrogen) atoms. The second kappa shape index (κ2) is 4.25. The van der Waals surface area contributed by atoms with E-state index < -0.39 is 0 Å². The molecule has 0 spiro atoms. The predicted molar refractivity (Wildman–Crippen MR) is 61.1 cm³/mol. The molecule has 0 N–H and O–H groups in total. The fourth-order valence-corrected chi connectivity index (χ4v) is 2.26. The maximum atomic E-state index is 11.0. The number of aromatic nitrogens is 3. The summed E-state index contributed by atoms with van der Waals surface area (Å²) in [5.41, 5.74) is 1.29. The van der Waals surface area contributed by atoms with Gasteiger partial charge in [0.05, 0.1) is 11.8 Å². The third kappa shape index (κ3) is 1.82. The third-order valence-electron chi connectivity index (χ3n) is 3.08. The Morgan fingerprint density at radius 1 is 1.47 bits per heavy atom. The van der Waals surface area contributed by atoms with Crippen LogP contribution in [0.25, 0.3) is 5.65 Å². The van der Waals surface area contributed by atoms with Gasteiger partial charge < -0.3 is 4.74 Å². The van der Waals surface area contributed by atoms with Gasteiger partial charge in [-0.2, -0.15) is 0 Å². The summed E-state index contributed by atoms with van der Waals surface area (Å²) in [6.07, 6.45) is 3.91. The molecule has 0 amide bonds. The molecule has 3 heterocycles. The maximum Gasteiger partial charge on any atom is 0.166 e. The largest absolute Gasteiger partial charge is 0.378 e. The smallest absolute Gasteiger partial charge is 0.166 e. The number of pyridine rings is 1. The number of aldehydes is 1. The van der Waals surface area contributed by atoms with E-state index in [1.54, 1.807) is 10.5 Å². The van der Waals surface area contributed by atoms with E-state index in [1.807, 2.05) is 12.1 Å². The summed E-state index contributed by atoms with van der Waals surface area (Å²) < 4.78 is 7.38. The Morgan fingerprint density at radius 2 is 2.41 bits per heavy atom. The van der Waals surface area contributed by atoms with E-state index in [2.05, 4.69) is 10.2 Å². The minimum Gasteiger partial charge on any atom is -0.378 e. The van der Waals surface area contributed by atoms with Crippen molar-refractivity contribution in [3.8, 4) is 0 Å². The van der Waals surface area contributed by atoms with Crippen molar-refractivity contribution in [2.75, 3.05) is 6.61 Å². The van der Waals surface area contributed by atoms with E-state index in [9.17, 15) is 4.79 Å². The van der Waals surface area contributed by atoms with Crippen LogP contribution in [0.15, 0.2) is 18.2 Å². The van der Waals surface area contributed by atoms with E-state index in [1.165, 1.54) is 0 Å². The molecular formula is C12H13N3O2. The first-order valence-corrected chi connectivity index (χ1v) is 5.78. The maximum absolute atomic E-state index is 11.0. The highest BCUT2D eigenvalue weighted by Gasteiger charge is 2.19. The van der Waals surface area contributed by atoms with Crippen molar-refractivity contribution >= 4 is 11.9 Å². The van der Waals surface area contributed by atoms with Crippen LogP contribution >= 0.6 is 0 Å². The lowest BCUT2D eigenvalue weighted by Crippen LogP contribution is -2.12. The minimum absolute atomic E-state index is 0.210. The monoisotopic (exact) mass is 231 g/mol. The molecule has 0 aromatic carbocycles. The number of carbonyl (C=O) groups is 1. The molecular weight excluding hydrogens is 218 g/mol. The molecule has 5 heteroatoms. The zero-order valence-electron chi connectivity index (χ0n) is 9.37. The van der Waals surface area contributed by atoms with Gasteiger partial charge in [0.15, 0.2) is 11.9 Å². The third-order valence-corrected chi connectivity index (χ3v) is 3.08. The van der Waals surface area contributed by atoms with Crippen molar-refractivity contribution in [2.45, 2.75) is 25.4 Å². The summed E-state index contributed by atoms with van der Waals surface area (Å²) in [6.45, 7) is 0.821. The molecule has 3 rings (SSSR count). The summed E-state index contributed by atoms with van der Waals surface area (Å²) in [6, 6.07) is 5.42. The molecule has 0 aliphatic carbocycles. The topological polar surface area (TPSA) is 56.5 Å². The second-order valence-corrected chi connectivity index (χ2v) is 4.22. The first-order valence-electron chi connectivity index (χ1n) is 5.78. The number of ether oxygens (including phenoxy) is 1. The summed E-state index contributed by atoms with van der Waals surface area (Å²) in [7, 11) is 0. The Morgan fingerprint density at radius 3 is 3.18 bits per heavy atom. The summed E-state index contributed by atoms with van der Waals surface area (Å²) in [4.78, 5) is 11.0. The number of hydrogen-bond acceptors (Lipinski definition) is 4. The molecule has 1 unspecified atom stereocenters. The van der Waals surface area contributed by atoms with E-state index in [-0.39, 0.29) is 6.10 Å². The first-order chi connectivity index (χ1) is 8.38. The molecule has 1 aliphatic rings. The van der Waals surface area contributed by atoms with Crippen LogP contribution in [0.4, 0.5) is 0 Å². The van der Waals surface area contributed by atoms with Gasteiger partial charge in [-0.25, -0.2) is 0 Å². The lowest BCUT2D eigenvalue weighted by molar-refractivity contribution is 0.108. The van der Waals surface area contributed by atoms with Crippen LogP contribution in [0.2, 0.25) is 0 Å². The molecule has 0 saturated carbocycles. The Bertz CT molecular complexity index is 544. The average molecular weight is 231 g/mol. The predicted octanol–water partition coefficient (Wildman–Crippen LogP) is 1.26. The molecule has 0 bridgehead atoms. The summed E-state index contributed by atoms with van der Waals surface area (Å²) in [5.74, 6) is 0.801. The number of carbonyl (C=O) groups excluding carboxylic acids is 1. The average Bonchev–Trinajstić information content (AvgIpc) is 2.99. The van der Waals surface area contributed by atoms with E-state index >= 15 is 0 Å². The molecule has 88 valence electrons. The number of rotatable bonds is 3. The Kier molecular flexibility index (Phi) is 2.60. The minimum atomic E-state index is 0.210. The van der Waals surface area contributed by atoms with Crippen LogP contribution in [-0.4, -0.2) is 33.6 Å². The zero-order valence-corrected chi connectivity index (χ0v) is 9.37. The van der Waals surface area contributed by atoms with Gasteiger partial charge in [-0.3, -0.25) is 9.20 Å². The molecule has 5 nitrogen and oxygen atoms in total. The van der Waals surface area contributed by atoms with Gasteiger partial charge in [0.1, 0.15) is 5.82 Å².